The number of aromatic hydroxyl groups is 1. The standard InChI is InChI=1S/C25H18N2O5/c1-32-20-11-7-16(8-12-20)23(29)21-22(17-3-2-4-19(28)13-17)27(25(31)24(21)30)18-9-5-15(14-26)6-10-18/h2-13,22,28-29H,1H3/b23-21-. The fourth-order valence-corrected chi connectivity index (χ4v) is 3.71. The second-order valence-electron chi connectivity index (χ2n) is 7.15. The van der Waals surface area contributed by atoms with Gasteiger partial charge in [-0.2, -0.15) is 5.26 Å². The summed E-state index contributed by atoms with van der Waals surface area (Å²) in [6.45, 7) is 0. The predicted octanol–water partition coefficient (Wildman–Crippen LogP) is 3.90. The number of Topliss-reactive ketones (excluding diaryl/α,β-unsaturated/α-hetero) is 1. The third-order valence-corrected chi connectivity index (χ3v) is 5.27. The number of aliphatic hydroxyl groups excluding tert-OH is 1. The molecular formula is C25H18N2O5. The Bertz CT molecular complexity index is 1270. The molecule has 0 spiro atoms. The SMILES string of the molecule is COc1ccc(/C(O)=C2/C(=O)C(=O)N(c3ccc(C#N)cc3)C2c2cccc(O)c2)cc1. The van der Waals surface area contributed by atoms with Crippen LogP contribution in [-0.4, -0.2) is 29.0 Å². The van der Waals surface area contributed by atoms with Gasteiger partial charge in [-0.3, -0.25) is 14.5 Å². The van der Waals surface area contributed by atoms with Crippen LogP contribution in [0.15, 0.2) is 78.4 Å². The lowest BCUT2D eigenvalue weighted by molar-refractivity contribution is -0.132. The van der Waals surface area contributed by atoms with Crippen LogP contribution in [0.4, 0.5) is 5.69 Å². The first-order valence-electron chi connectivity index (χ1n) is 9.69. The van der Waals surface area contributed by atoms with Crippen LogP contribution < -0.4 is 9.64 Å². The second-order valence-corrected chi connectivity index (χ2v) is 7.15. The van der Waals surface area contributed by atoms with Gasteiger partial charge in [0.05, 0.1) is 30.4 Å². The van der Waals surface area contributed by atoms with Gasteiger partial charge in [-0.15, -0.1) is 0 Å². The number of anilines is 1. The van der Waals surface area contributed by atoms with Crippen LogP contribution in [0.3, 0.4) is 0 Å². The van der Waals surface area contributed by atoms with Crippen molar-refractivity contribution in [2.75, 3.05) is 12.0 Å². The molecule has 1 unspecified atom stereocenters. The van der Waals surface area contributed by atoms with Crippen LogP contribution in [0.25, 0.3) is 5.76 Å². The summed E-state index contributed by atoms with van der Waals surface area (Å²) in [4.78, 5) is 27.4. The number of hydrogen-bond donors (Lipinski definition) is 2. The molecule has 1 atom stereocenters. The van der Waals surface area contributed by atoms with Gasteiger partial charge in [0.2, 0.25) is 0 Å². The molecule has 0 bridgehead atoms. The summed E-state index contributed by atoms with van der Waals surface area (Å²) < 4.78 is 5.13. The minimum absolute atomic E-state index is 0.0441. The van der Waals surface area contributed by atoms with Gasteiger partial charge in [-0.05, 0) is 66.2 Å². The highest BCUT2D eigenvalue weighted by Gasteiger charge is 2.47. The maximum absolute atomic E-state index is 13.1. The first-order valence-corrected chi connectivity index (χ1v) is 9.69. The van der Waals surface area contributed by atoms with Crippen molar-refractivity contribution < 1.29 is 24.5 Å². The number of phenolic OH excluding ortho intramolecular Hbond substituents is 1. The van der Waals surface area contributed by atoms with E-state index >= 15 is 0 Å². The number of nitrogens with zero attached hydrogens (tertiary/aromatic N) is 2. The molecule has 0 saturated carbocycles. The van der Waals surface area contributed by atoms with Gasteiger partial charge in [-0.1, -0.05) is 12.1 Å². The van der Waals surface area contributed by atoms with E-state index in [2.05, 4.69) is 0 Å². The normalized spacial score (nSPS) is 17.2. The summed E-state index contributed by atoms with van der Waals surface area (Å²) in [6, 6.07) is 19.8. The molecule has 1 heterocycles. The Kier molecular flexibility index (Phi) is 5.36. The first kappa shape index (κ1) is 20.7. The summed E-state index contributed by atoms with van der Waals surface area (Å²) in [6.07, 6.45) is 0. The number of phenols is 1. The Morgan fingerprint density at radius 2 is 1.72 bits per heavy atom. The third kappa shape index (κ3) is 3.55. The van der Waals surface area contributed by atoms with E-state index in [0.29, 0.717) is 28.1 Å². The van der Waals surface area contributed by atoms with Crippen LogP contribution in [0.2, 0.25) is 0 Å². The van der Waals surface area contributed by atoms with Crippen LogP contribution >= 0.6 is 0 Å². The zero-order chi connectivity index (χ0) is 22.8. The molecule has 0 aromatic heterocycles. The maximum Gasteiger partial charge on any atom is 0.300 e. The lowest BCUT2D eigenvalue weighted by Gasteiger charge is -2.25. The molecule has 32 heavy (non-hydrogen) atoms. The summed E-state index contributed by atoms with van der Waals surface area (Å²) >= 11 is 0. The van der Waals surface area contributed by atoms with Gasteiger partial charge in [0.15, 0.2) is 0 Å². The van der Waals surface area contributed by atoms with Crippen LogP contribution in [-0.2, 0) is 9.59 Å². The molecule has 1 amide bonds. The zero-order valence-electron chi connectivity index (χ0n) is 17.0. The van der Waals surface area contributed by atoms with Crippen molar-refractivity contribution in [1.82, 2.24) is 0 Å². The predicted molar refractivity (Wildman–Crippen MR) is 117 cm³/mol. The monoisotopic (exact) mass is 426 g/mol. The molecule has 2 N–H and O–H groups in total. The van der Waals surface area contributed by atoms with Gasteiger partial charge in [0, 0.05) is 11.3 Å². The Morgan fingerprint density at radius 1 is 1.03 bits per heavy atom. The van der Waals surface area contributed by atoms with Gasteiger partial charge in [-0.25, -0.2) is 0 Å². The van der Waals surface area contributed by atoms with Gasteiger partial charge in [0.25, 0.3) is 11.7 Å². The van der Waals surface area contributed by atoms with E-state index < -0.39 is 17.7 Å². The van der Waals surface area contributed by atoms with Gasteiger partial charge >= 0.3 is 0 Å². The molecule has 7 heteroatoms. The number of methoxy groups -OCH3 is 1. The largest absolute Gasteiger partial charge is 0.508 e. The molecule has 0 aliphatic carbocycles. The van der Waals surface area contributed by atoms with Crippen molar-refractivity contribution >= 4 is 23.1 Å². The summed E-state index contributed by atoms with van der Waals surface area (Å²) in [5.74, 6) is -1.48. The Balaban J connectivity index is 1.92. The van der Waals surface area contributed by atoms with Gasteiger partial charge < -0.3 is 14.9 Å². The number of ether oxygens (including phenoxy) is 1. The van der Waals surface area contributed by atoms with E-state index in [4.69, 9.17) is 10.00 Å². The van der Waals surface area contributed by atoms with Crippen LogP contribution in [0, 0.1) is 11.3 Å². The molecule has 1 saturated heterocycles. The van der Waals surface area contributed by atoms with E-state index in [1.165, 1.54) is 36.3 Å². The van der Waals surface area contributed by atoms with E-state index in [9.17, 15) is 19.8 Å². The minimum atomic E-state index is -0.975. The lowest BCUT2D eigenvalue weighted by atomic mass is 9.95. The molecule has 3 aromatic carbocycles. The zero-order valence-corrected chi connectivity index (χ0v) is 17.0. The summed E-state index contributed by atoms with van der Waals surface area (Å²) in [5.41, 5.74) is 1.47. The number of carbonyl (C=O) groups is 2. The van der Waals surface area contributed by atoms with Crippen LogP contribution in [0.1, 0.15) is 22.7 Å². The molecule has 1 aliphatic heterocycles. The van der Waals surface area contributed by atoms with Crippen molar-refractivity contribution in [3.63, 3.8) is 0 Å². The number of carbonyl (C=O) groups excluding carboxylic acids is 2. The number of benzene rings is 3. The lowest BCUT2D eigenvalue weighted by Crippen LogP contribution is -2.29. The van der Waals surface area contributed by atoms with E-state index in [-0.39, 0.29) is 17.1 Å². The summed E-state index contributed by atoms with van der Waals surface area (Å²) in [5, 5.41) is 30.1. The number of aliphatic hydroxyl groups is 1. The first-order chi connectivity index (χ1) is 15.4. The Morgan fingerprint density at radius 3 is 2.31 bits per heavy atom. The van der Waals surface area contributed by atoms with Crippen molar-refractivity contribution in [2.45, 2.75) is 6.04 Å². The third-order valence-electron chi connectivity index (χ3n) is 5.27. The molecule has 4 rings (SSSR count). The highest BCUT2D eigenvalue weighted by Crippen LogP contribution is 2.42. The fourth-order valence-electron chi connectivity index (χ4n) is 3.71. The Hall–Kier alpha value is -4.57. The highest BCUT2D eigenvalue weighted by molar-refractivity contribution is 6.51. The number of nitriles is 1. The maximum atomic E-state index is 13.1. The average molecular weight is 426 g/mol. The van der Waals surface area contributed by atoms with E-state index in [1.807, 2.05) is 6.07 Å². The number of rotatable bonds is 4. The molecule has 1 fully saturated rings. The molecule has 158 valence electrons. The quantitative estimate of drug-likeness (QED) is 0.372. The highest BCUT2D eigenvalue weighted by atomic mass is 16.5. The fraction of sp³-hybridized carbons (Fsp3) is 0.0800. The number of amides is 1. The van der Waals surface area contributed by atoms with Gasteiger partial charge in [0.1, 0.15) is 17.3 Å². The molecule has 7 nitrogen and oxygen atoms in total. The molecule has 1 aliphatic rings. The van der Waals surface area contributed by atoms with Crippen molar-refractivity contribution in [3.8, 4) is 17.6 Å². The second kappa shape index (κ2) is 8.28. The smallest absolute Gasteiger partial charge is 0.300 e. The van der Waals surface area contributed by atoms with Crippen LogP contribution in [0.5, 0.6) is 11.5 Å². The molecule has 3 aromatic rings. The minimum Gasteiger partial charge on any atom is -0.508 e. The number of hydrogen-bond acceptors (Lipinski definition) is 6. The molecular weight excluding hydrogens is 408 g/mol. The number of ketones is 1. The average Bonchev–Trinajstić information content (AvgIpc) is 3.09. The van der Waals surface area contributed by atoms with Crippen molar-refractivity contribution in [1.29, 1.82) is 5.26 Å². The van der Waals surface area contributed by atoms with E-state index in [0.717, 1.165) is 0 Å². The molecule has 0 radical (unpaired) electrons. The Labute approximate surface area is 184 Å². The van der Waals surface area contributed by atoms with E-state index in [1.54, 1.807) is 48.5 Å². The topological polar surface area (TPSA) is 111 Å². The summed E-state index contributed by atoms with van der Waals surface area (Å²) in [7, 11) is 1.51. The van der Waals surface area contributed by atoms with Crippen molar-refractivity contribution in [3.05, 3.63) is 95.1 Å². The van der Waals surface area contributed by atoms with Crippen molar-refractivity contribution in [2.24, 2.45) is 0 Å².